The molecular weight excluding hydrogens is 418 g/mol. The Morgan fingerprint density at radius 1 is 1.03 bits per heavy atom. The molecule has 1 aromatic heterocycles. The second kappa shape index (κ2) is 8.78. The number of nitrogens with one attached hydrogen (secondary N) is 1. The van der Waals surface area contributed by atoms with Crippen molar-refractivity contribution in [3.05, 3.63) is 93.9 Å². The number of hydrogen-bond donors (Lipinski definition) is 1. The number of esters is 1. The zero-order valence-corrected chi connectivity index (χ0v) is 19.0. The van der Waals surface area contributed by atoms with Gasteiger partial charge in [-0.15, -0.1) is 0 Å². The van der Waals surface area contributed by atoms with Crippen LogP contribution in [0.15, 0.2) is 60.3 Å². The summed E-state index contributed by atoms with van der Waals surface area (Å²) in [6.07, 6.45) is 1.71. The van der Waals surface area contributed by atoms with E-state index in [4.69, 9.17) is 4.74 Å². The third-order valence-electron chi connectivity index (χ3n) is 5.70. The molecule has 7 heteroatoms. The standard InChI is InChI=1S/C26H25N3O4/c1-16-6-5-7-19(12-16)15-28-24(30)23(27-26(28)32)14-21-13-17(2)29(18(21)3)22-10-8-20(9-11-22)25(31)33-4/h5-14H,15H2,1-4H3,(H,27,32)/b23-14+. The van der Waals surface area contributed by atoms with E-state index in [1.54, 1.807) is 18.2 Å². The summed E-state index contributed by atoms with van der Waals surface area (Å²) in [5.74, 6) is -0.743. The highest BCUT2D eigenvalue weighted by molar-refractivity contribution is 6.14. The molecule has 0 bridgehead atoms. The number of urea groups is 1. The summed E-state index contributed by atoms with van der Waals surface area (Å²) < 4.78 is 6.78. The van der Waals surface area contributed by atoms with Gasteiger partial charge in [0, 0.05) is 17.1 Å². The highest BCUT2D eigenvalue weighted by Gasteiger charge is 2.33. The summed E-state index contributed by atoms with van der Waals surface area (Å²) in [5, 5.41) is 2.70. The maximum Gasteiger partial charge on any atom is 0.337 e. The number of imide groups is 1. The first kappa shape index (κ1) is 22.1. The molecule has 0 radical (unpaired) electrons. The van der Waals surface area contributed by atoms with E-state index in [9.17, 15) is 14.4 Å². The maximum atomic E-state index is 12.9. The van der Waals surface area contributed by atoms with Gasteiger partial charge in [0.1, 0.15) is 5.70 Å². The average molecular weight is 444 g/mol. The molecular formula is C26H25N3O4. The van der Waals surface area contributed by atoms with Gasteiger partial charge in [0.2, 0.25) is 0 Å². The van der Waals surface area contributed by atoms with Gasteiger partial charge in [-0.25, -0.2) is 9.59 Å². The van der Waals surface area contributed by atoms with Gasteiger partial charge >= 0.3 is 12.0 Å². The Balaban J connectivity index is 1.60. The van der Waals surface area contributed by atoms with E-state index < -0.39 is 12.0 Å². The molecule has 168 valence electrons. The van der Waals surface area contributed by atoms with Gasteiger partial charge in [-0.05, 0) is 68.3 Å². The number of methoxy groups -OCH3 is 1. The normalized spacial score (nSPS) is 14.7. The van der Waals surface area contributed by atoms with Crippen molar-refractivity contribution < 1.29 is 19.1 Å². The van der Waals surface area contributed by atoms with E-state index in [0.29, 0.717) is 5.56 Å². The molecule has 1 N–H and O–H groups in total. The van der Waals surface area contributed by atoms with E-state index in [0.717, 1.165) is 33.8 Å². The number of aromatic nitrogens is 1. The number of nitrogens with zero attached hydrogens (tertiary/aromatic N) is 2. The molecule has 0 aliphatic carbocycles. The van der Waals surface area contributed by atoms with Crippen molar-refractivity contribution in [3.63, 3.8) is 0 Å². The number of ether oxygens (including phenoxy) is 1. The Kier molecular flexibility index (Phi) is 5.87. The summed E-state index contributed by atoms with van der Waals surface area (Å²) in [7, 11) is 1.35. The number of carbonyl (C=O) groups excluding carboxylic acids is 3. The first-order valence-electron chi connectivity index (χ1n) is 10.6. The Morgan fingerprint density at radius 2 is 1.76 bits per heavy atom. The van der Waals surface area contributed by atoms with Crippen LogP contribution < -0.4 is 5.32 Å². The predicted molar refractivity (Wildman–Crippen MR) is 125 cm³/mol. The van der Waals surface area contributed by atoms with Crippen LogP contribution in [0.3, 0.4) is 0 Å². The Morgan fingerprint density at radius 3 is 2.42 bits per heavy atom. The highest BCUT2D eigenvalue weighted by atomic mass is 16.5. The molecule has 2 aromatic carbocycles. The van der Waals surface area contributed by atoms with E-state index in [-0.39, 0.29) is 18.1 Å². The molecule has 0 unspecified atom stereocenters. The van der Waals surface area contributed by atoms with Crippen molar-refractivity contribution in [2.45, 2.75) is 27.3 Å². The monoisotopic (exact) mass is 443 g/mol. The lowest BCUT2D eigenvalue weighted by Crippen LogP contribution is -2.30. The lowest BCUT2D eigenvalue weighted by Gasteiger charge is -2.12. The second-order valence-electron chi connectivity index (χ2n) is 8.07. The van der Waals surface area contributed by atoms with Gasteiger partial charge in [-0.3, -0.25) is 9.69 Å². The fourth-order valence-corrected chi connectivity index (χ4v) is 4.06. The third kappa shape index (κ3) is 4.30. The predicted octanol–water partition coefficient (Wildman–Crippen LogP) is 4.28. The molecule has 33 heavy (non-hydrogen) atoms. The summed E-state index contributed by atoms with van der Waals surface area (Å²) in [6, 6.07) is 16.4. The molecule has 7 nitrogen and oxygen atoms in total. The van der Waals surface area contributed by atoms with Crippen molar-refractivity contribution in [2.75, 3.05) is 7.11 Å². The smallest absolute Gasteiger partial charge is 0.337 e. The zero-order valence-electron chi connectivity index (χ0n) is 19.0. The molecule has 0 atom stereocenters. The van der Waals surface area contributed by atoms with Crippen LogP contribution >= 0.6 is 0 Å². The quantitative estimate of drug-likeness (QED) is 0.363. The fraction of sp³-hybridized carbons (Fsp3) is 0.192. The van der Waals surface area contributed by atoms with Crippen LogP contribution in [-0.4, -0.2) is 34.5 Å². The van der Waals surface area contributed by atoms with E-state index in [1.807, 2.05) is 67.8 Å². The van der Waals surface area contributed by atoms with Gasteiger partial charge in [-0.1, -0.05) is 29.8 Å². The molecule has 1 aliphatic rings. The summed E-state index contributed by atoms with van der Waals surface area (Å²) >= 11 is 0. The second-order valence-corrected chi connectivity index (χ2v) is 8.07. The van der Waals surface area contributed by atoms with Crippen molar-refractivity contribution in [2.24, 2.45) is 0 Å². The van der Waals surface area contributed by atoms with E-state index >= 15 is 0 Å². The topological polar surface area (TPSA) is 80.6 Å². The fourth-order valence-electron chi connectivity index (χ4n) is 4.06. The molecule has 3 amide bonds. The van der Waals surface area contributed by atoms with Crippen molar-refractivity contribution >= 4 is 24.0 Å². The molecule has 0 spiro atoms. The Hall–Kier alpha value is -4.13. The number of benzene rings is 2. The van der Waals surface area contributed by atoms with Crippen LogP contribution in [0.2, 0.25) is 0 Å². The summed E-state index contributed by atoms with van der Waals surface area (Å²) in [5.41, 5.74) is 6.25. The zero-order chi connectivity index (χ0) is 23.7. The number of aryl methyl sites for hydroxylation is 2. The minimum Gasteiger partial charge on any atom is -0.465 e. The maximum absolute atomic E-state index is 12.9. The summed E-state index contributed by atoms with van der Waals surface area (Å²) in [4.78, 5) is 38.3. The lowest BCUT2D eigenvalue weighted by atomic mass is 10.1. The minimum atomic E-state index is -0.431. The number of carbonyl (C=O) groups is 3. The largest absolute Gasteiger partial charge is 0.465 e. The van der Waals surface area contributed by atoms with Crippen LogP contribution in [-0.2, 0) is 16.1 Å². The van der Waals surface area contributed by atoms with Crippen molar-refractivity contribution in [3.8, 4) is 5.69 Å². The van der Waals surface area contributed by atoms with Crippen LogP contribution in [0, 0.1) is 20.8 Å². The summed E-state index contributed by atoms with van der Waals surface area (Å²) in [6.45, 7) is 6.09. The minimum absolute atomic E-state index is 0.218. The highest BCUT2D eigenvalue weighted by Crippen LogP contribution is 2.25. The van der Waals surface area contributed by atoms with Crippen LogP contribution in [0.5, 0.6) is 0 Å². The SMILES string of the molecule is COC(=O)c1ccc(-n2c(C)cc(/C=C3/NC(=O)N(Cc4cccc(C)c4)C3=O)c2C)cc1. The van der Waals surface area contributed by atoms with Crippen molar-refractivity contribution in [1.29, 1.82) is 0 Å². The van der Waals surface area contributed by atoms with Crippen molar-refractivity contribution in [1.82, 2.24) is 14.8 Å². The molecule has 1 saturated heterocycles. The molecule has 1 fully saturated rings. The van der Waals surface area contributed by atoms with Crippen LogP contribution in [0.25, 0.3) is 11.8 Å². The van der Waals surface area contributed by atoms with Gasteiger partial charge in [0.15, 0.2) is 0 Å². The number of hydrogen-bond acceptors (Lipinski definition) is 4. The van der Waals surface area contributed by atoms with E-state index in [1.165, 1.54) is 12.0 Å². The molecule has 4 rings (SSSR count). The van der Waals surface area contributed by atoms with Crippen LogP contribution in [0.1, 0.15) is 38.4 Å². The van der Waals surface area contributed by atoms with Gasteiger partial charge in [-0.2, -0.15) is 0 Å². The third-order valence-corrected chi connectivity index (χ3v) is 5.70. The van der Waals surface area contributed by atoms with Gasteiger partial charge in [0.05, 0.1) is 19.2 Å². The molecule has 0 saturated carbocycles. The Labute approximate surface area is 192 Å². The lowest BCUT2D eigenvalue weighted by molar-refractivity contribution is -0.123. The molecule has 1 aliphatic heterocycles. The first-order chi connectivity index (χ1) is 15.8. The van der Waals surface area contributed by atoms with Crippen LogP contribution in [0.4, 0.5) is 4.79 Å². The Bertz CT molecular complexity index is 1290. The van der Waals surface area contributed by atoms with Gasteiger partial charge < -0.3 is 14.6 Å². The van der Waals surface area contributed by atoms with E-state index in [2.05, 4.69) is 5.32 Å². The number of rotatable bonds is 5. The van der Waals surface area contributed by atoms with Gasteiger partial charge in [0.25, 0.3) is 5.91 Å². The average Bonchev–Trinajstić information content (AvgIpc) is 3.22. The first-order valence-corrected chi connectivity index (χ1v) is 10.6. The molecule has 3 aromatic rings. The number of amides is 3. The molecule has 2 heterocycles.